The average molecular weight is 361 g/mol. The Morgan fingerprint density at radius 2 is 2.17 bits per heavy atom. The number of halogens is 2. The van der Waals surface area contributed by atoms with Crippen LogP contribution in [0.1, 0.15) is 17.3 Å². The summed E-state index contributed by atoms with van der Waals surface area (Å²) < 4.78 is 19.3. The third-order valence-electron chi connectivity index (χ3n) is 2.60. The number of nitrogens with one attached hydrogen (secondary N) is 1. The number of nitrogens with two attached hydrogens (primary N) is 1. The molecular formula is C12H13FIN3O. The smallest absolute Gasteiger partial charge is 0.213 e. The summed E-state index contributed by atoms with van der Waals surface area (Å²) in [5.74, 6) is 1.05. The molecule has 0 aliphatic rings. The van der Waals surface area contributed by atoms with Gasteiger partial charge in [0.2, 0.25) is 5.89 Å². The van der Waals surface area contributed by atoms with Gasteiger partial charge in [-0.3, -0.25) is 0 Å². The van der Waals surface area contributed by atoms with Crippen LogP contribution in [0.4, 0.5) is 15.8 Å². The van der Waals surface area contributed by atoms with Crippen molar-refractivity contribution in [3.05, 3.63) is 38.9 Å². The largest absolute Gasteiger partial charge is 0.444 e. The van der Waals surface area contributed by atoms with Gasteiger partial charge in [0, 0.05) is 6.07 Å². The van der Waals surface area contributed by atoms with Crippen LogP contribution in [0.3, 0.4) is 0 Å². The Hall–Kier alpha value is -1.31. The van der Waals surface area contributed by atoms with Crippen LogP contribution in [-0.2, 0) is 6.54 Å². The second kappa shape index (κ2) is 5.13. The zero-order valence-corrected chi connectivity index (χ0v) is 12.2. The lowest BCUT2D eigenvalue weighted by Crippen LogP contribution is -2.04. The van der Waals surface area contributed by atoms with E-state index in [9.17, 15) is 4.39 Å². The van der Waals surface area contributed by atoms with Crippen molar-refractivity contribution in [1.82, 2.24) is 4.98 Å². The van der Waals surface area contributed by atoms with Gasteiger partial charge in [0.15, 0.2) is 0 Å². The number of nitrogens with zero attached hydrogens (tertiary/aromatic N) is 1. The van der Waals surface area contributed by atoms with Crippen LogP contribution in [0.5, 0.6) is 0 Å². The summed E-state index contributed by atoms with van der Waals surface area (Å²) >= 11 is 1.90. The molecule has 2 rings (SSSR count). The highest BCUT2D eigenvalue weighted by atomic mass is 127. The van der Waals surface area contributed by atoms with Crippen LogP contribution in [0.25, 0.3) is 0 Å². The fourth-order valence-corrected chi connectivity index (χ4v) is 1.99. The van der Waals surface area contributed by atoms with Crippen molar-refractivity contribution in [2.45, 2.75) is 20.4 Å². The number of hydrogen-bond donors (Lipinski definition) is 2. The molecule has 3 N–H and O–H groups in total. The summed E-state index contributed by atoms with van der Waals surface area (Å²) in [4.78, 5) is 4.23. The molecule has 1 aromatic heterocycles. The predicted octanol–water partition coefficient (Wildman–Crippen LogP) is 3.23. The Balaban J connectivity index is 2.13. The molecule has 0 unspecified atom stereocenters. The van der Waals surface area contributed by atoms with Crippen LogP contribution in [0.15, 0.2) is 16.5 Å². The second-order valence-electron chi connectivity index (χ2n) is 3.96. The predicted molar refractivity (Wildman–Crippen MR) is 76.8 cm³/mol. The van der Waals surface area contributed by atoms with Gasteiger partial charge in [0.1, 0.15) is 11.6 Å². The fraction of sp³-hybridized carbons (Fsp3) is 0.250. The molecule has 0 atom stereocenters. The highest BCUT2D eigenvalue weighted by Crippen LogP contribution is 2.24. The highest BCUT2D eigenvalue weighted by Gasteiger charge is 2.08. The highest BCUT2D eigenvalue weighted by molar-refractivity contribution is 14.1. The van der Waals surface area contributed by atoms with Crippen molar-refractivity contribution >= 4 is 34.0 Å². The molecule has 18 heavy (non-hydrogen) atoms. The molecule has 0 bridgehead atoms. The maximum absolute atomic E-state index is 13.4. The average Bonchev–Trinajstić information content (AvgIpc) is 2.62. The lowest BCUT2D eigenvalue weighted by Gasteiger charge is -2.08. The van der Waals surface area contributed by atoms with Crippen LogP contribution in [0, 0.1) is 23.2 Å². The van der Waals surface area contributed by atoms with Crippen molar-refractivity contribution < 1.29 is 8.81 Å². The lowest BCUT2D eigenvalue weighted by molar-refractivity contribution is 0.478. The SMILES string of the molecule is Cc1nc(CNc2cc(F)c(I)cc2N)oc1C. The Morgan fingerprint density at radius 1 is 1.44 bits per heavy atom. The van der Waals surface area contributed by atoms with Crippen molar-refractivity contribution in [3.8, 4) is 0 Å². The summed E-state index contributed by atoms with van der Waals surface area (Å²) in [5, 5.41) is 3.01. The van der Waals surface area contributed by atoms with Gasteiger partial charge in [-0.2, -0.15) is 0 Å². The monoisotopic (exact) mass is 361 g/mol. The molecule has 0 radical (unpaired) electrons. The minimum Gasteiger partial charge on any atom is -0.444 e. The summed E-state index contributed by atoms with van der Waals surface area (Å²) in [6.07, 6.45) is 0. The molecule has 1 heterocycles. The zero-order valence-electron chi connectivity index (χ0n) is 10.1. The van der Waals surface area contributed by atoms with E-state index in [2.05, 4.69) is 10.3 Å². The first-order valence-electron chi connectivity index (χ1n) is 5.38. The standard InChI is InChI=1S/C12H13FIN3O/c1-6-7(2)18-12(17-6)5-16-11-3-8(13)9(14)4-10(11)15/h3-4,16H,5,15H2,1-2H3. The number of aryl methyl sites for hydroxylation is 2. The van der Waals surface area contributed by atoms with E-state index in [-0.39, 0.29) is 5.82 Å². The Kier molecular flexibility index (Phi) is 3.74. The molecule has 0 amide bonds. The summed E-state index contributed by atoms with van der Waals surface area (Å²) in [6.45, 7) is 4.10. The van der Waals surface area contributed by atoms with E-state index in [0.29, 0.717) is 27.4 Å². The molecule has 1 aromatic carbocycles. The van der Waals surface area contributed by atoms with Gasteiger partial charge < -0.3 is 15.5 Å². The maximum atomic E-state index is 13.4. The van der Waals surface area contributed by atoms with E-state index in [0.717, 1.165) is 11.5 Å². The topological polar surface area (TPSA) is 64.1 Å². The van der Waals surface area contributed by atoms with E-state index in [4.69, 9.17) is 10.2 Å². The minimum atomic E-state index is -0.299. The maximum Gasteiger partial charge on any atom is 0.213 e. The van der Waals surface area contributed by atoms with Crippen LogP contribution in [0.2, 0.25) is 0 Å². The van der Waals surface area contributed by atoms with Gasteiger partial charge in [-0.1, -0.05) is 0 Å². The number of benzene rings is 1. The first-order valence-corrected chi connectivity index (χ1v) is 6.46. The van der Waals surface area contributed by atoms with E-state index in [1.165, 1.54) is 6.07 Å². The molecule has 0 aliphatic heterocycles. The van der Waals surface area contributed by atoms with Crippen molar-refractivity contribution in [1.29, 1.82) is 0 Å². The second-order valence-corrected chi connectivity index (χ2v) is 5.12. The number of oxazole rings is 1. The third-order valence-corrected chi connectivity index (χ3v) is 3.42. The Morgan fingerprint density at radius 3 is 2.78 bits per heavy atom. The molecule has 6 heteroatoms. The molecule has 96 valence electrons. The number of hydrogen-bond acceptors (Lipinski definition) is 4. The summed E-state index contributed by atoms with van der Waals surface area (Å²) in [7, 11) is 0. The first kappa shape index (κ1) is 13.1. The molecule has 0 fully saturated rings. The molecule has 4 nitrogen and oxygen atoms in total. The van der Waals surface area contributed by atoms with Gasteiger partial charge in [0.25, 0.3) is 0 Å². The van der Waals surface area contributed by atoms with Gasteiger partial charge in [-0.05, 0) is 42.5 Å². The first-order chi connectivity index (χ1) is 8.47. The molecule has 0 saturated heterocycles. The van der Waals surface area contributed by atoms with E-state index in [1.54, 1.807) is 6.07 Å². The molecule has 0 aliphatic carbocycles. The van der Waals surface area contributed by atoms with E-state index < -0.39 is 0 Å². The van der Waals surface area contributed by atoms with Crippen molar-refractivity contribution in [2.75, 3.05) is 11.1 Å². The van der Waals surface area contributed by atoms with Crippen LogP contribution in [-0.4, -0.2) is 4.98 Å². The quantitative estimate of drug-likeness (QED) is 0.651. The summed E-state index contributed by atoms with van der Waals surface area (Å²) in [5.41, 5.74) is 7.70. The third kappa shape index (κ3) is 2.74. The fourth-order valence-electron chi connectivity index (χ4n) is 1.50. The van der Waals surface area contributed by atoms with Gasteiger partial charge >= 0.3 is 0 Å². The van der Waals surface area contributed by atoms with E-state index >= 15 is 0 Å². The number of nitrogen functional groups attached to an aromatic ring is 1. The molecule has 0 saturated carbocycles. The molecular weight excluding hydrogens is 348 g/mol. The van der Waals surface area contributed by atoms with E-state index in [1.807, 2.05) is 36.4 Å². The summed E-state index contributed by atoms with van der Waals surface area (Å²) in [6, 6.07) is 2.96. The van der Waals surface area contributed by atoms with Crippen molar-refractivity contribution in [3.63, 3.8) is 0 Å². The number of rotatable bonds is 3. The number of aromatic nitrogens is 1. The Labute approximate surface area is 118 Å². The normalized spacial score (nSPS) is 10.7. The van der Waals surface area contributed by atoms with Gasteiger partial charge in [-0.15, -0.1) is 0 Å². The molecule has 0 spiro atoms. The molecule has 2 aromatic rings. The lowest BCUT2D eigenvalue weighted by atomic mass is 10.2. The van der Waals surface area contributed by atoms with Crippen LogP contribution < -0.4 is 11.1 Å². The number of anilines is 2. The zero-order chi connectivity index (χ0) is 13.3. The van der Waals surface area contributed by atoms with Gasteiger partial charge in [-0.25, -0.2) is 9.37 Å². The van der Waals surface area contributed by atoms with Gasteiger partial charge in [0.05, 0.1) is 27.2 Å². The van der Waals surface area contributed by atoms with Crippen LogP contribution >= 0.6 is 22.6 Å². The van der Waals surface area contributed by atoms with Crippen molar-refractivity contribution in [2.24, 2.45) is 0 Å². The Bertz CT molecular complexity index is 563. The minimum absolute atomic E-state index is 0.299.